The molecule has 0 radical (unpaired) electrons. The molecule has 1 amide bonds. The normalized spacial score (nSPS) is 31.4. The summed E-state index contributed by atoms with van der Waals surface area (Å²) in [6.07, 6.45) is 8.14. The van der Waals surface area contributed by atoms with E-state index in [-0.39, 0.29) is 40.5 Å². The molecule has 0 heterocycles. The topological polar surface area (TPSA) is 104 Å². The van der Waals surface area contributed by atoms with Gasteiger partial charge < -0.3 is 15.5 Å². The Kier molecular flexibility index (Phi) is 5.28. The van der Waals surface area contributed by atoms with Crippen LogP contribution in [0.15, 0.2) is 36.4 Å². The summed E-state index contributed by atoms with van der Waals surface area (Å²) in [5, 5.41) is 22.1. The fraction of sp³-hybridized carbons (Fsp3) is 0.458. The number of nitrogens with one attached hydrogen (secondary N) is 1. The van der Waals surface area contributed by atoms with Gasteiger partial charge in [-0.25, -0.2) is 0 Å². The number of anilines is 1. The third-order valence-electron chi connectivity index (χ3n) is 7.73. The molecule has 3 saturated carbocycles. The monoisotopic (exact) mass is 441 g/mol. The number of allylic oxidation sites excluding steroid dienone is 3. The van der Waals surface area contributed by atoms with Gasteiger partial charge in [0.05, 0.1) is 5.56 Å². The van der Waals surface area contributed by atoms with Crippen LogP contribution in [0.25, 0.3) is 0 Å². The van der Waals surface area contributed by atoms with Crippen molar-refractivity contribution in [2.45, 2.75) is 45.4 Å². The number of thiol groups is 1. The van der Waals surface area contributed by atoms with Crippen molar-refractivity contribution in [3.63, 3.8) is 0 Å². The lowest BCUT2D eigenvalue weighted by atomic mass is 9.44. The molecule has 4 aliphatic rings. The first-order valence-electron chi connectivity index (χ1n) is 10.6. The maximum atomic E-state index is 13.0. The van der Waals surface area contributed by atoms with Crippen molar-refractivity contribution in [3.8, 4) is 11.5 Å². The van der Waals surface area contributed by atoms with Gasteiger partial charge in [0.25, 0.3) is 0 Å². The lowest BCUT2D eigenvalue weighted by molar-refractivity contribution is -0.136. The largest absolute Gasteiger partial charge is 0.506 e. The number of fused-ring (bicyclic) bond motifs is 2. The molecule has 1 spiro atoms. The quantitative estimate of drug-likeness (QED) is 0.308. The zero-order valence-electron chi connectivity index (χ0n) is 17.5. The summed E-state index contributed by atoms with van der Waals surface area (Å²) >= 11 is 3.69. The van der Waals surface area contributed by atoms with Crippen LogP contribution in [0.5, 0.6) is 11.5 Å². The number of phenols is 2. The third-order valence-corrected chi connectivity index (χ3v) is 7.97. The van der Waals surface area contributed by atoms with Crippen LogP contribution in [0.1, 0.15) is 55.8 Å². The van der Waals surface area contributed by atoms with Crippen LogP contribution in [0.2, 0.25) is 0 Å². The number of hydrogen-bond acceptors (Lipinski definition) is 5. The second-order valence-corrected chi connectivity index (χ2v) is 9.82. The predicted octanol–water partition coefficient (Wildman–Crippen LogP) is 4.39. The number of rotatable bonds is 5. The Bertz CT molecular complexity index is 1030. The number of ketones is 1. The lowest BCUT2D eigenvalue weighted by Gasteiger charge is -2.59. The standard InChI is InChI=1S/C24H27NO5S/c1-13-12-24-9-5-14(13)11-17(24)23(2,18(27)6-10-24)8-7-19(28)25-20-16(26)4-3-15(21(20)29)22(30)31/h3-4,6,10,14,17,26,29H,1,5,7-9,11-12H2,2H3,(H,25,28)(H,30,31). The van der Waals surface area contributed by atoms with Gasteiger partial charge in [-0.05, 0) is 67.6 Å². The summed E-state index contributed by atoms with van der Waals surface area (Å²) in [6.45, 7) is 6.20. The molecule has 3 N–H and O–H groups in total. The smallest absolute Gasteiger partial charge is 0.224 e. The number of hydrogen-bond donors (Lipinski definition) is 4. The van der Waals surface area contributed by atoms with Gasteiger partial charge in [0.1, 0.15) is 11.4 Å². The van der Waals surface area contributed by atoms with Crippen LogP contribution >= 0.6 is 12.6 Å². The van der Waals surface area contributed by atoms with E-state index in [1.807, 2.05) is 6.92 Å². The fourth-order valence-electron chi connectivity index (χ4n) is 5.91. The number of phenolic OH excluding ortho intramolecular Hbond substituents is 2. The van der Waals surface area contributed by atoms with Crippen LogP contribution in [0.4, 0.5) is 5.69 Å². The number of benzene rings is 1. The molecule has 31 heavy (non-hydrogen) atoms. The molecule has 4 atom stereocenters. The SMILES string of the molecule is C=C1CC23C=CC(=O)C(C)(CCC(=O)Nc4c(O)ccc(C(=O)S)c4O)C2CC1CC3. The Morgan fingerprint density at radius 2 is 2.06 bits per heavy atom. The average molecular weight is 442 g/mol. The van der Waals surface area contributed by atoms with Crippen molar-refractivity contribution in [1.29, 1.82) is 0 Å². The maximum Gasteiger partial charge on any atom is 0.224 e. The molecule has 6 nitrogen and oxygen atoms in total. The fourth-order valence-corrected chi connectivity index (χ4v) is 6.09. The highest BCUT2D eigenvalue weighted by molar-refractivity contribution is 7.97. The molecule has 2 bridgehead atoms. The van der Waals surface area contributed by atoms with E-state index in [1.54, 1.807) is 6.08 Å². The van der Waals surface area contributed by atoms with E-state index >= 15 is 0 Å². The van der Waals surface area contributed by atoms with Crippen LogP contribution in [-0.2, 0) is 9.59 Å². The van der Waals surface area contributed by atoms with Gasteiger partial charge in [-0.1, -0.05) is 25.2 Å². The first-order valence-corrected chi connectivity index (χ1v) is 11.0. The molecular formula is C24H27NO5S. The van der Waals surface area contributed by atoms with Crippen molar-refractivity contribution in [1.82, 2.24) is 0 Å². The highest BCUT2D eigenvalue weighted by atomic mass is 32.1. The Hall–Kier alpha value is -2.54. The minimum absolute atomic E-state index is 0.0439. The van der Waals surface area contributed by atoms with Crippen molar-refractivity contribution in [3.05, 3.63) is 42.0 Å². The predicted molar refractivity (Wildman–Crippen MR) is 120 cm³/mol. The lowest BCUT2D eigenvalue weighted by Crippen LogP contribution is -2.54. The molecule has 0 aliphatic heterocycles. The molecular weight excluding hydrogens is 414 g/mol. The highest BCUT2D eigenvalue weighted by Gasteiger charge is 2.58. The molecule has 4 aliphatic carbocycles. The van der Waals surface area contributed by atoms with E-state index in [2.05, 4.69) is 30.6 Å². The van der Waals surface area contributed by atoms with E-state index in [4.69, 9.17) is 0 Å². The van der Waals surface area contributed by atoms with E-state index < -0.39 is 22.2 Å². The first-order chi connectivity index (χ1) is 14.6. The number of carbonyl (C=O) groups is 3. The Morgan fingerprint density at radius 3 is 2.74 bits per heavy atom. The van der Waals surface area contributed by atoms with Gasteiger partial charge >= 0.3 is 0 Å². The summed E-state index contributed by atoms with van der Waals surface area (Å²) in [6, 6.07) is 2.44. The molecule has 0 aromatic heterocycles. The zero-order valence-corrected chi connectivity index (χ0v) is 18.4. The van der Waals surface area contributed by atoms with Gasteiger partial charge in [0, 0.05) is 11.8 Å². The summed E-state index contributed by atoms with van der Waals surface area (Å²) in [5.41, 5.74) is 0.221. The summed E-state index contributed by atoms with van der Waals surface area (Å²) < 4.78 is 0. The number of carbonyl (C=O) groups excluding carboxylic acids is 3. The van der Waals surface area contributed by atoms with Crippen LogP contribution in [0, 0.1) is 22.7 Å². The number of aromatic hydroxyl groups is 2. The van der Waals surface area contributed by atoms with Gasteiger partial charge in [-0.2, -0.15) is 0 Å². The van der Waals surface area contributed by atoms with Crippen molar-refractivity contribution in [2.24, 2.45) is 22.7 Å². The van der Waals surface area contributed by atoms with Gasteiger partial charge in [-0.3, -0.25) is 14.4 Å². The second kappa shape index (κ2) is 7.55. The second-order valence-electron chi connectivity index (χ2n) is 9.42. The zero-order chi connectivity index (χ0) is 22.6. The van der Waals surface area contributed by atoms with E-state index in [1.165, 1.54) is 17.7 Å². The Labute approximate surface area is 186 Å². The molecule has 0 saturated heterocycles. The minimum Gasteiger partial charge on any atom is -0.506 e. The third kappa shape index (κ3) is 3.49. The summed E-state index contributed by atoms with van der Waals surface area (Å²) in [5.74, 6) is -0.677. The van der Waals surface area contributed by atoms with Gasteiger partial charge in [-0.15, -0.1) is 12.6 Å². The van der Waals surface area contributed by atoms with Crippen LogP contribution < -0.4 is 5.32 Å². The van der Waals surface area contributed by atoms with Crippen LogP contribution in [-0.4, -0.2) is 27.0 Å². The van der Waals surface area contributed by atoms with Crippen molar-refractivity contribution >= 4 is 35.1 Å². The van der Waals surface area contributed by atoms with Crippen molar-refractivity contribution < 1.29 is 24.6 Å². The average Bonchev–Trinajstić information content (AvgIpc) is 2.72. The van der Waals surface area contributed by atoms with Gasteiger partial charge in [0.2, 0.25) is 11.0 Å². The van der Waals surface area contributed by atoms with Crippen molar-refractivity contribution in [2.75, 3.05) is 5.32 Å². The van der Waals surface area contributed by atoms with Crippen LogP contribution in [0.3, 0.4) is 0 Å². The Balaban J connectivity index is 1.52. The molecule has 5 rings (SSSR count). The van der Waals surface area contributed by atoms with E-state index in [9.17, 15) is 24.6 Å². The number of amides is 1. The molecule has 1 aromatic carbocycles. The molecule has 4 unspecified atom stereocenters. The summed E-state index contributed by atoms with van der Waals surface area (Å²) in [4.78, 5) is 37.1. The van der Waals surface area contributed by atoms with E-state index in [0.717, 1.165) is 25.7 Å². The Morgan fingerprint density at radius 1 is 1.32 bits per heavy atom. The molecule has 1 aromatic rings. The van der Waals surface area contributed by atoms with Gasteiger partial charge in [0.15, 0.2) is 11.5 Å². The molecule has 3 fully saturated rings. The molecule has 164 valence electrons. The van der Waals surface area contributed by atoms with E-state index in [0.29, 0.717) is 12.3 Å². The highest BCUT2D eigenvalue weighted by Crippen LogP contribution is 2.64. The first kappa shape index (κ1) is 21.7. The minimum atomic E-state index is -0.681. The molecule has 7 heteroatoms. The maximum absolute atomic E-state index is 13.0. The summed E-state index contributed by atoms with van der Waals surface area (Å²) in [7, 11) is 0.